The first-order valence-electron chi connectivity index (χ1n) is 10.9. The smallest absolute Gasteiger partial charge is 0.352 e. The van der Waals surface area contributed by atoms with E-state index in [0.29, 0.717) is 11.3 Å². The van der Waals surface area contributed by atoms with Crippen LogP contribution in [0, 0.1) is 0 Å². The Morgan fingerprint density at radius 2 is 2.21 bits per heavy atom. The molecule has 13 nitrogen and oxygen atoms in total. The van der Waals surface area contributed by atoms with Crippen LogP contribution in [-0.4, -0.2) is 77.7 Å². The van der Waals surface area contributed by atoms with Gasteiger partial charge in [0.05, 0.1) is 0 Å². The van der Waals surface area contributed by atoms with Crippen molar-refractivity contribution >= 4 is 68.1 Å². The lowest BCUT2D eigenvalue weighted by Crippen LogP contribution is -2.71. The Morgan fingerprint density at radius 1 is 1.39 bits per heavy atom. The van der Waals surface area contributed by atoms with E-state index in [0.717, 1.165) is 21.3 Å². The molecule has 3 aromatic heterocycles. The van der Waals surface area contributed by atoms with Crippen LogP contribution in [0.3, 0.4) is 0 Å². The van der Waals surface area contributed by atoms with Crippen molar-refractivity contribution in [1.29, 1.82) is 0 Å². The summed E-state index contributed by atoms with van der Waals surface area (Å²) in [6, 6.07) is -1.05. The number of fused-ring (bicyclic) bond motifs is 2. The van der Waals surface area contributed by atoms with Crippen molar-refractivity contribution < 1.29 is 37.7 Å². The van der Waals surface area contributed by atoms with E-state index in [1.807, 2.05) is 0 Å². The Balaban J connectivity index is 1.34. The molecule has 0 unspecified atom stereocenters. The molecule has 0 spiro atoms. The van der Waals surface area contributed by atoms with E-state index < -0.39 is 54.9 Å². The third-order valence-corrected chi connectivity index (χ3v) is 8.46. The summed E-state index contributed by atoms with van der Waals surface area (Å²) in [6.07, 6.45) is 3.45. The summed E-state index contributed by atoms with van der Waals surface area (Å²) in [5, 5.41) is 17.1. The number of imidazole rings is 1. The fourth-order valence-electron chi connectivity index (χ4n) is 4.01. The number of aliphatic carboxylic acids is 1. The number of rotatable bonds is 10. The average Bonchev–Trinajstić information content (AvgIpc) is 3.60. The summed E-state index contributed by atoms with van der Waals surface area (Å²) in [7, 11) is 0. The first kappa shape index (κ1) is 26.0. The summed E-state index contributed by atoms with van der Waals surface area (Å²) in [6.45, 7) is -1.70. The number of carbonyl (C=O) groups is 3. The molecule has 0 bridgehead atoms. The third-order valence-electron chi connectivity index (χ3n) is 5.64. The number of oxime groups is 1. The lowest BCUT2D eigenvalue weighted by atomic mass is 10.0. The molecule has 2 amide bonds. The highest BCUT2D eigenvalue weighted by molar-refractivity contribution is 8.00. The zero-order valence-electron chi connectivity index (χ0n) is 19.2. The van der Waals surface area contributed by atoms with Crippen molar-refractivity contribution in [3.63, 3.8) is 0 Å². The molecule has 0 radical (unpaired) electrons. The van der Waals surface area contributed by atoms with Crippen LogP contribution in [0.2, 0.25) is 0 Å². The summed E-state index contributed by atoms with van der Waals surface area (Å²) in [4.78, 5) is 48.7. The molecule has 5 heterocycles. The molecule has 38 heavy (non-hydrogen) atoms. The number of β-lactam (4-membered cyclic amide) rings is 1. The number of carboxylic acids is 1. The van der Waals surface area contributed by atoms with E-state index in [4.69, 9.17) is 10.6 Å². The van der Waals surface area contributed by atoms with Crippen molar-refractivity contribution in [2.75, 3.05) is 24.8 Å². The van der Waals surface area contributed by atoms with Gasteiger partial charge in [-0.2, -0.15) is 13.8 Å². The second-order valence-electron chi connectivity index (χ2n) is 8.02. The van der Waals surface area contributed by atoms with Crippen LogP contribution in [0.5, 0.6) is 0 Å². The minimum Gasteiger partial charge on any atom is -0.477 e. The molecule has 2 aliphatic rings. The van der Waals surface area contributed by atoms with Crippen LogP contribution in [0.25, 0.3) is 4.83 Å². The second kappa shape index (κ2) is 10.6. The van der Waals surface area contributed by atoms with E-state index in [-0.39, 0.29) is 29.0 Å². The SMILES string of the molecule is Nc1nc(/C(=N/OCCF)C(=O)N[C@@H]2C(=O)N3C(C(=O)O)=C(C[n+]4cc5scc(CF)n5c4)CS[C@H]23)ns1. The molecule has 1 saturated heterocycles. The summed E-state index contributed by atoms with van der Waals surface area (Å²) >= 11 is 3.46. The standard InChI is InChI=1S/C20H18F2N8O5S3/c21-1-2-35-26-12(15-25-20(23)38-27-15)16(31)24-13-17(32)30-14(19(33)34)9(6-37-18(13)30)4-28-5-11-29(8-28)10(3-22)7-36-11/h5,7-8,13,18H,1-4,6H2,(H3-,23,24,25,27,31,33,34)/p+1/b26-12-/t13-,18-/m1/s1. The number of amides is 2. The predicted molar refractivity (Wildman–Crippen MR) is 133 cm³/mol. The number of nitrogens with one attached hydrogen (secondary N) is 1. The summed E-state index contributed by atoms with van der Waals surface area (Å²) in [5.41, 5.74) is 5.99. The topological polar surface area (TPSA) is 168 Å². The van der Waals surface area contributed by atoms with Crippen LogP contribution in [0.4, 0.5) is 13.9 Å². The quantitative estimate of drug-likeness (QED) is 0.0998. The number of hydrogen-bond donors (Lipinski definition) is 3. The predicted octanol–water partition coefficient (Wildman–Crippen LogP) is 0.321. The molecule has 0 aromatic carbocycles. The zero-order valence-corrected chi connectivity index (χ0v) is 21.7. The summed E-state index contributed by atoms with van der Waals surface area (Å²) in [5.74, 6) is -2.64. The van der Waals surface area contributed by atoms with Crippen molar-refractivity contribution in [3.05, 3.63) is 40.7 Å². The molecule has 1 fully saturated rings. The minimum atomic E-state index is -1.28. The number of anilines is 1. The van der Waals surface area contributed by atoms with Gasteiger partial charge in [0.2, 0.25) is 22.7 Å². The van der Waals surface area contributed by atoms with Crippen LogP contribution in [-0.2, 0) is 32.4 Å². The number of thiazole rings is 1. The molecule has 5 rings (SSSR count). The highest BCUT2D eigenvalue weighted by Crippen LogP contribution is 2.40. The van der Waals surface area contributed by atoms with E-state index in [1.54, 1.807) is 26.9 Å². The van der Waals surface area contributed by atoms with E-state index in [2.05, 4.69) is 19.8 Å². The van der Waals surface area contributed by atoms with Crippen molar-refractivity contribution in [2.45, 2.75) is 24.6 Å². The van der Waals surface area contributed by atoms with Crippen molar-refractivity contribution in [2.24, 2.45) is 5.16 Å². The van der Waals surface area contributed by atoms with Crippen LogP contribution < -0.4 is 15.6 Å². The number of nitrogens with two attached hydrogens (primary N) is 1. The van der Waals surface area contributed by atoms with Crippen molar-refractivity contribution in [1.82, 2.24) is 24.0 Å². The Hall–Kier alpha value is -3.64. The van der Waals surface area contributed by atoms with Gasteiger partial charge in [-0.25, -0.2) is 18.1 Å². The monoisotopic (exact) mass is 585 g/mol. The zero-order chi connectivity index (χ0) is 27.0. The Labute approximate surface area is 224 Å². The van der Waals surface area contributed by atoms with Gasteiger partial charge in [0, 0.05) is 28.2 Å². The molecular weight excluding hydrogens is 566 g/mol. The van der Waals surface area contributed by atoms with Gasteiger partial charge in [0.1, 0.15) is 43.1 Å². The second-order valence-corrected chi connectivity index (χ2v) is 10.8. The van der Waals surface area contributed by atoms with Gasteiger partial charge in [-0.1, -0.05) is 16.5 Å². The molecule has 4 N–H and O–H groups in total. The Morgan fingerprint density at radius 3 is 2.89 bits per heavy atom. The minimum absolute atomic E-state index is 0.0605. The maximum absolute atomic E-state index is 13.2. The number of aromatic nitrogens is 4. The first-order chi connectivity index (χ1) is 18.3. The van der Waals surface area contributed by atoms with Crippen molar-refractivity contribution in [3.8, 4) is 0 Å². The van der Waals surface area contributed by atoms with Gasteiger partial charge >= 0.3 is 5.97 Å². The van der Waals surface area contributed by atoms with Gasteiger partial charge in [0.25, 0.3) is 11.8 Å². The molecule has 2 aliphatic heterocycles. The number of halogens is 2. The molecular formula is C20H19F2N8O5S3+. The van der Waals surface area contributed by atoms with E-state index in [1.165, 1.54) is 23.1 Å². The number of alkyl halides is 2. The number of hydrogen-bond acceptors (Lipinski definition) is 11. The molecule has 200 valence electrons. The lowest BCUT2D eigenvalue weighted by molar-refractivity contribution is -0.687. The Kier molecular flexibility index (Phi) is 7.26. The van der Waals surface area contributed by atoms with Gasteiger partial charge in [-0.05, 0) is 0 Å². The number of nitrogens with zero attached hydrogens (tertiary/aromatic N) is 6. The van der Waals surface area contributed by atoms with Gasteiger partial charge in [0.15, 0.2) is 17.5 Å². The molecule has 2 atom stereocenters. The largest absolute Gasteiger partial charge is 0.477 e. The normalized spacial score (nSPS) is 19.5. The molecule has 0 aliphatic carbocycles. The van der Waals surface area contributed by atoms with Gasteiger partial charge < -0.3 is 21.0 Å². The summed E-state index contributed by atoms with van der Waals surface area (Å²) < 4.78 is 33.0. The maximum atomic E-state index is 13.2. The number of carbonyl (C=O) groups excluding carboxylic acids is 2. The third kappa shape index (κ3) is 4.69. The average molecular weight is 586 g/mol. The van der Waals surface area contributed by atoms with Crippen LogP contribution in [0.15, 0.2) is 34.3 Å². The lowest BCUT2D eigenvalue weighted by Gasteiger charge is -2.49. The highest BCUT2D eigenvalue weighted by atomic mass is 32.2. The fourth-order valence-corrected chi connectivity index (χ4v) is 6.69. The first-order valence-corrected chi connectivity index (χ1v) is 13.6. The van der Waals surface area contributed by atoms with Crippen LogP contribution in [0.1, 0.15) is 11.5 Å². The highest BCUT2D eigenvalue weighted by Gasteiger charge is 2.54. The van der Waals surface area contributed by atoms with Gasteiger partial charge in [-0.3, -0.25) is 14.5 Å². The van der Waals surface area contributed by atoms with E-state index >= 15 is 0 Å². The molecule has 18 heteroatoms. The van der Waals surface area contributed by atoms with E-state index in [9.17, 15) is 28.3 Å². The maximum Gasteiger partial charge on any atom is 0.352 e. The Bertz CT molecular complexity index is 1480. The fraction of sp³-hybridized carbons (Fsp3) is 0.350. The molecule has 0 saturated carbocycles. The number of nitrogen functional groups attached to an aromatic ring is 1. The number of carboxylic acid groups (broad SMARTS) is 1. The molecule has 3 aromatic rings. The van der Waals surface area contributed by atoms with Crippen LogP contribution >= 0.6 is 34.6 Å². The number of thioether (sulfide) groups is 1. The van der Waals surface area contributed by atoms with Gasteiger partial charge in [-0.15, -0.1) is 11.8 Å².